The molecule has 1 aromatic heterocycles. The molecule has 0 amide bonds. The molecule has 0 bridgehead atoms. The van der Waals surface area contributed by atoms with E-state index >= 15 is 0 Å². The molecular weight excluding hydrogens is 332 g/mol. The zero-order chi connectivity index (χ0) is 16.4. The van der Waals surface area contributed by atoms with Crippen molar-refractivity contribution in [2.24, 2.45) is 5.92 Å². The summed E-state index contributed by atoms with van der Waals surface area (Å²) in [6.45, 7) is 4.64. The van der Waals surface area contributed by atoms with Crippen molar-refractivity contribution in [2.45, 2.75) is 32.4 Å². The summed E-state index contributed by atoms with van der Waals surface area (Å²) in [6, 6.07) is 6.16. The summed E-state index contributed by atoms with van der Waals surface area (Å²) in [7, 11) is -3.17. The number of likely N-dealkylation sites (tertiary alicyclic amines) is 1. The van der Waals surface area contributed by atoms with Gasteiger partial charge in [-0.05, 0) is 30.0 Å². The number of rotatable bonds is 6. The second-order valence-electron chi connectivity index (χ2n) is 6.33. The Morgan fingerprint density at radius 3 is 2.83 bits per heavy atom. The SMILES string of the molecule is CCC[C@H]1CN(Cc2ccc3nsnc3c2)C[C@@H]1NS(C)(=O)=O. The monoisotopic (exact) mass is 354 g/mol. The third kappa shape index (κ3) is 4.26. The van der Waals surface area contributed by atoms with Gasteiger partial charge in [-0.3, -0.25) is 4.90 Å². The van der Waals surface area contributed by atoms with Crippen molar-refractivity contribution in [1.82, 2.24) is 18.4 Å². The number of hydrogen-bond acceptors (Lipinski definition) is 6. The summed E-state index contributed by atoms with van der Waals surface area (Å²) in [4.78, 5) is 2.32. The molecular formula is C15H22N4O2S2. The molecule has 1 N–H and O–H groups in total. The summed E-state index contributed by atoms with van der Waals surface area (Å²) in [5, 5.41) is 0. The van der Waals surface area contributed by atoms with Gasteiger partial charge in [0.1, 0.15) is 11.0 Å². The fourth-order valence-corrected chi connectivity index (χ4v) is 4.68. The Morgan fingerprint density at radius 2 is 2.09 bits per heavy atom. The van der Waals surface area contributed by atoms with Gasteiger partial charge >= 0.3 is 0 Å². The highest BCUT2D eigenvalue weighted by Crippen LogP contribution is 2.24. The lowest BCUT2D eigenvalue weighted by Gasteiger charge is -2.17. The van der Waals surface area contributed by atoms with Gasteiger partial charge < -0.3 is 0 Å². The van der Waals surface area contributed by atoms with Gasteiger partial charge in [-0.15, -0.1) is 0 Å². The van der Waals surface area contributed by atoms with E-state index < -0.39 is 10.0 Å². The van der Waals surface area contributed by atoms with Crippen LogP contribution in [0.1, 0.15) is 25.3 Å². The first-order chi connectivity index (χ1) is 10.9. The van der Waals surface area contributed by atoms with E-state index in [0.717, 1.165) is 43.5 Å². The molecule has 0 unspecified atom stereocenters. The lowest BCUT2D eigenvalue weighted by molar-refractivity contribution is 0.312. The summed E-state index contributed by atoms with van der Waals surface area (Å²) in [5.74, 6) is 0.374. The topological polar surface area (TPSA) is 75.2 Å². The standard InChI is InChI=1S/C15H22N4O2S2/c1-3-4-12-9-19(10-15(12)18-23(2,20)21)8-11-5-6-13-14(7-11)17-22-16-13/h5-7,12,15,18H,3-4,8-10H2,1-2H3/t12-,15-/m0/s1. The van der Waals surface area contributed by atoms with Crippen LogP contribution in [0.3, 0.4) is 0 Å². The molecule has 8 heteroatoms. The smallest absolute Gasteiger partial charge is 0.209 e. The van der Waals surface area contributed by atoms with E-state index in [0.29, 0.717) is 5.92 Å². The maximum absolute atomic E-state index is 11.6. The van der Waals surface area contributed by atoms with Gasteiger partial charge in [0.25, 0.3) is 0 Å². The van der Waals surface area contributed by atoms with Crippen molar-refractivity contribution in [2.75, 3.05) is 19.3 Å². The van der Waals surface area contributed by atoms with Crippen LogP contribution in [-0.4, -0.2) is 47.5 Å². The zero-order valence-electron chi connectivity index (χ0n) is 13.4. The van der Waals surface area contributed by atoms with Gasteiger partial charge in [0.05, 0.1) is 18.0 Å². The van der Waals surface area contributed by atoms with Crippen LogP contribution in [0.25, 0.3) is 11.0 Å². The average Bonchev–Trinajstić information content (AvgIpc) is 3.05. The lowest BCUT2D eigenvalue weighted by atomic mass is 9.99. The molecule has 2 heterocycles. The number of fused-ring (bicyclic) bond motifs is 1. The molecule has 126 valence electrons. The maximum atomic E-state index is 11.6. The predicted octanol–water partition coefficient (Wildman–Crippen LogP) is 1.84. The fourth-order valence-electron chi connectivity index (χ4n) is 3.35. The molecule has 0 spiro atoms. The Kier molecular flexibility index (Phi) is 4.96. The van der Waals surface area contributed by atoms with Crippen LogP contribution in [0, 0.1) is 5.92 Å². The second kappa shape index (κ2) is 6.80. The molecule has 23 heavy (non-hydrogen) atoms. The van der Waals surface area contributed by atoms with Crippen molar-refractivity contribution in [3.05, 3.63) is 23.8 Å². The largest absolute Gasteiger partial charge is 0.297 e. The van der Waals surface area contributed by atoms with E-state index in [1.54, 1.807) is 0 Å². The molecule has 1 aliphatic heterocycles. The Labute approximate surface area is 141 Å². The van der Waals surface area contributed by atoms with Crippen LogP contribution in [0.15, 0.2) is 18.2 Å². The van der Waals surface area contributed by atoms with E-state index in [1.165, 1.54) is 23.5 Å². The highest BCUT2D eigenvalue weighted by atomic mass is 32.2. The minimum atomic E-state index is -3.17. The third-order valence-corrected chi connectivity index (χ3v) is 5.55. The van der Waals surface area contributed by atoms with Crippen molar-refractivity contribution in [3.63, 3.8) is 0 Å². The second-order valence-corrected chi connectivity index (χ2v) is 8.64. The highest BCUT2D eigenvalue weighted by Gasteiger charge is 2.33. The van der Waals surface area contributed by atoms with Crippen LogP contribution < -0.4 is 4.72 Å². The van der Waals surface area contributed by atoms with E-state index in [-0.39, 0.29) is 6.04 Å². The van der Waals surface area contributed by atoms with E-state index in [9.17, 15) is 8.42 Å². The fraction of sp³-hybridized carbons (Fsp3) is 0.600. The van der Waals surface area contributed by atoms with Gasteiger partial charge in [-0.2, -0.15) is 8.75 Å². The number of hydrogen-bond donors (Lipinski definition) is 1. The molecule has 1 fully saturated rings. The minimum absolute atomic E-state index is 0.00891. The van der Waals surface area contributed by atoms with Crippen molar-refractivity contribution in [1.29, 1.82) is 0 Å². The number of benzene rings is 1. The van der Waals surface area contributed by atoms with Gasteiger partial charge in [-0.25, -0.2) is 13.1 Å². The lowest BCUT2D eigenvalue weighted by Crippen LogP contribution is -2.39. The van der Waals surface area contributed by atoms with E-state index in [2.05, 4.69) is 37.4 Å². The zero-order valence-corrected chi connectivity index (χ0v) is 15.0. The van der Waals surface area contributed by atoms with Crippen molar-refractivity contribution >= 4 is 32.8 Å². The molecule has 1 saturated heterocycles. The molecule has 6 nitrogen and oxygen atoms in total. The number of nitrogens with one attached hydrogen (secondary N) is 1. The Balaban J connectivity index is 1.70. The number of nitrogens with zero attached hydrogens (tertiary/aromatic N) is 3. The molecule has 0 radical (unpaired) electrons. The summed E-state index contributed by atoms with van der Waals surface area (Å²) >= 11 is 1.23. The first kappa shape index (κ1) is 16.8. The molecule has 3 rings (SSSR count). The third-order valence-electron chi connectivity index (χ3n) is 4.27. The summed E-state index contributed by atoms with van der Waals surface area (Å²) < 4.78 is 34.5. The minimum Gasteiger partial charge on any atom is -0.297 e. The molecule has 2 aromatic rings. The van der Waals surface area contributed by atoms with Gasteiger partial charge in [0.2, 0.25) is 10.0 Å². The van der Waals surface area contributed by atoms with Gasteiger partial charge in [-0.1, -0.05) is 19.4 Å². The number of sulfonamides is 1. The normalized spacial score (nSPS) is 22.9. The Morgan fingerprint density at radius 1 is 1.30 bits per heavy atom. The van der Waals surface area contributed by atoms with Crippen LogP contribution in [0.2, 0.25) is 0 Å². The Bertz CT molecular complexity index is 775. The van der Waals surface area contributed by atoms with E-state index in [1.807, 2.05) is 6.07 Å². The van der Waals surface area contributed by atoms with Crippen LogP contribution >= 0.6 is 11.7 Å². The molecule has 1 aromatic carbocycles. The first-order valence-corrected chi connectivity index (χ1v) is 10.5. The molecule has 1 aliphatic rings. The highest BCUT2D eigenvalue weighted by molar-refractivity contribution is 7.88. The van der Waals surface area contributed by atoms with Crippen LogP contribution in [0.4, 0.5) is 0 Å². The molecule has 0 saturated carbocycles. The van der Waals surface area contributed by atoms with Crippen LogP contribution in [0.5, 0.6) is 0 Å². The van der Waals surface area contributed by atoms with Gasteiger partial charge in [0, 0.05) is 25.7 Å². The maximum Gasteiger partial charge on any atom is 0.209 e. The number of aromatic nitrogens is 2. The first-order valence-electron chi connectivity index (χ1n) is 7.85. The summed E-state index contributed by atoms with van der Waals surface area (Å²) in [5.41, 5.74) is 3.06. The quantitative estimate of drug-likeness (QED) is 0.857. The predicted molar refractivity (Wildman–Crippen MR) is 92.9 cm³/mol. The van der Waals surface area contributed by atoms with E-state index in [4.69, 9.17) is 0 Å². The average molecular weight is 355 g/mol. The summed E-state index contributed by atoms with van der Waals surface area (Å²) in [6.07, 6.45) is 3.34. The van der Waals surface area contributed by atoms with Crippen molar-refractivity contribution < 1.29 is 8.42 Å². The molecule has 2 atom stereocenters. The molecule has 0 aliphatic carbocycles. The van der Waals surface area contributed by atoms with Gasteiger partial charge in [0.15, 0.2) is 0 Å². The van der Waals surface area contributed by atoms with Crippen LogP contribution in [-0.2, 0) is 16.6 Å². The van der Waals surface area contributed by atoms with Crippen molar-refractivity contribution in [3.8, 4) is 0 Å². The Hall–Kier alpha value is -1.09.